The van der Waals surface area contributed by atoms with Crippen LogP contribution in [0.15, 0.2) is 0 Å². The molecule has 1 saturated heterocycles. The Hall–Kier alpha value is -0.610. The number of hydrogen-bond acceptors (Lipinski definition) is 3. The van der Waals surface area contributed by atoms with Gasteiger partial charge in [0.1, 0.15) is 6.10 Å². The monoisotopic (exact) mass is 214 g/mol. The maximum atomic E-state index is 11.8. The summed E-state index contributed by atoms with van der Waals surface area (Å²) in [6.07, 6.45) is 1.80. The molecule has 1 amide bonds. The third-order valence-corrected chi connectivity index (χ3v) is 3.28. The van der Waals surface area contributed by atoms with Crippen LogP contribution in [-0.4, -0.2) is 62.1 Å². The summed E-state index contributed by atoms with van der Waals surface area (Å²) in [7, 11) is 5.58. The Morgan fingerprint density at radius 1 is 1.47 bits per heavy atom. The van der Waals surface area contributed by atoms with E-state index < -0.39 is 0 Å². The van der Waals surface area contributed by atoms with Crippen LogP contribution >= 0.6 is 0 Å². The summed E-state index contributed by atoms with van der Waals surface area (Å²) in [5.74, 6) is 0.0899. The molecule has 4 heteroatoms. The first kappa shape index (κ1) is 12.5. The Kier molecular flexibility index (Phi) is 4.54. The lowest BCUT2D eigenvalue weighted by atomic mass is 10.0. The maximum absolute atomic E-state index is 11.8. The van der Waals surface area contributed by atoms with Crippen LogP contribution in [0.3, 0.4) is 0 Å². The van der Waals surface area contributed by atoms with Gasteiger partial charge in [0, 0.05) is 20.2 Å². The molecule has 0 saturated carbocycles. The fourth-order valence-electron chi connectivity index (χ4n) is 1.95. The number of amides is 1. The van der Waals surface area contributed by atoms with Crippen LogP contribution in [0.2, 0.25) is 0 Å². The lowest BCUT2D eigenvalue weighted by Gasteiger charge is -2.36. The first-order valence-corrected chi connectivity index (χ1v) is 5.54. The van der Waals surface area contributed by atoms with Gasteiger partial charge in [-0.1, -0.05) is 0 Å². The molecule has 1 rings (SSSR count). The minimum Gasteiger partial charge on any atom is -0.372 e. The molecule has 1 heterocycles. The van der Waals surface area contributed by atoms with Gasteiger partial charge in [-0.3, -0.25) is 4.79 Å². The highest BCUT2D eigenvalue weighted by atomic mass is 16.5. The largest absolute Gasteiger partial charge is 0.372 e. The minimum absolute atomic E-state index is 0.0899. The third-order valence-electron chi connectivity index (χ3n) is 3.28. The molecule has 0 aromatic carbocycles. The number of nitrogens with zero attached hydrogens (tertiary/aromatic N) is 2. The zero-order valence-electron chi connectivity index (χ0n) is 10.2. The number of carbonyl (C=O) groups is 1. The summed E-state index contributed by atoms with van der Waals surface area (Å²) >= 11 is 0. The summed E-state index contributed by atoms with van der Waals surface area (Å²) in [5.41, 5.74) is 0. The number of methoxy groups -OCH3 is 1. The third kappa shape index (κ3) is 3.18. The Morgan fingerprint density at radius 3 is 2.47 bits per heavy atom. The van der Waals surface area contributed by atoms with Crippen molar-refractivity contribution in [3.63, 3.8) is 0 Å². The van der Waals surface area contributed by atoms with Gasteiger partial charge < -0.3 is 14.5 Å². The quantitative estimate of drug-likeness (QED) is 0.689. The van der Waals surface area contributed by atoms with E-state index in [4.69, 9.17) is 4.74 Å². The van der Waals surface area contributed by atoms with Gasteiger partial charge in [-0.05, 0) is 39.9 Å². The molecule has 1 atom stereocenters. The molecule has 88 valence electrons. The smallest absolute Gasteiger partial charge is 0.251 e. The zero-order chi connectivity index (χ0) is 11.4. The maximum Gasteiger partial charge on any atom is 0.251 e. The molecule has 0 spiro atoms. The van der Waals surface area contributed by atoms with E-state index in [0.29, 0.717) is 6.04 Å². The van der Waals surface area contributed by atoms with Gasteiger partial charge in [0.2, 0.25) is 0 Å². The summed E-state index contributed by atoms with van der Waals surface area (Å²) < 4.78 is 5.04. The molecule has 1 aliphatic heterocycles. The van der Waals surface area contributed by atoms with E-state index in [0.717, 1.165) is 25.9 Å². The van der Waals surface area contributed by atoms with E-state index in [-0.39, 0.29) is 12.0 Å². The van der Waals surface area contributed by atoms with Crippen molar-refractivity contribution in [2.45, 2.75) is 31.9 Å². The molecule has 1 aliphatic rings. The number of likely N-dealkylation sites (tertiary alicyclic amines) is 1. The molecule has 0 aromatic rings. The average molecular weight is 214 g/mol. The second-order valence-electron chi connectivity index (χ2n) is 4.36. The van der Waals surface area contributed by atoms with Crippen molar-refractivity contribution in [3.05, 3.63) is 0 Å². The summed E-state index contributed by atoms with van der Waals surface area (Å²) in [5, 5.41) is 0. The van der Waals surface area contributed by atoms with E-state index in [9.17, 15) is 4.79 Å². The summed E-state index contributed by atoms with van der Waals surface area (Å²) in [6.45, 7) is 3.95. The molecule has 4 nitrogen and oxygen atoms in total. The molecular formula is C11H22N2O2. The first-order chi connectivity index (χ1) is 7.06. The van der Waals surface area contributed by atoms with Crippen LogP contribution < -0.4 is 0 Å². The van der Waals surface area contributed by atoms with Crippen molar-refractivity contribution < 1.29 is 9.53 Å². The lowest BCUT2D eigenvalue weighted by Crippen LogP contribution is -2.47. The topological polar surface area (TPSA) is 32.8 Å². The molecule has 1 fully saturated rings. The molecule has 0 aromatic heterocycles. The highest BCUT2D eigenvalue weighted by molar-refractivity contribution is 5.80. The Balaban J connectivity index is 2.46. The molecule has 0 radical (unpaired) electrons. The molecule has 1 unspecified atom stereocenters. The Labute approximate surface area is 92.2 Å². The van der Waals surface area contributed by atoms with Crippen LogP contribution in [0.25, 0.3) is 0 Å². The fraction of sp³-hybridized carbons (Fsp3) is 0.909. The summed E-state index contributed by atoms with van der Waals surface area (Å²) in [4.78, 5) is 16.0. The predicted octanol–water partition coefficient (Wildman–Crippen LogP) is 0.574. The fourth-order valence-corrected chi connectivity index (χ4v) is 1.95. The number of carbonyl (C=O) groups excluding carboxylic acids is 1. The average Bonchev–Trinajstić information content (AvgIpc) is 2.27. The Morgan fingerprint density at radius 2 is 2.00 bits per heavy atom. The number of piperidine rings is 1. The van der Waals surface area contributed by atoms with Gasteiger partial charge in [-0.2, -0.15) is 0 Å². The molecular weight excluding hydrogens is 192 g/mol. The normalized spacial score (nSPS) is 21.3. The van der Waals surface area contributed by atoms with Crippen molar-refractivity contribution in [2.24, 2.45) is 0 Å². The number of rotatable bonds is 3. The van der Waals surface area contributed by atoms with Gasteiger partial charge >= 0.3 is 0 Å². The first-order valence-electron chi connectivity index (χ1n) is 5.54. The second kappa shape index (κ2) is 5.47. The SMILES string of the molecule is COC(C)C(=O)N(C)C1CCN(C)CC1. The number of ether oxygens (including phenoxy) is 1. The Bertz CT molecular complexity index is 213. The predicted molar refractivity (Wildman–Crippen MR) is 59.8 cm³/mol. The standard InChI is InChI=1S/C11H22N2O2/c1-9(15-4)11(14)13(3)10-5-7-12(2)8-6-10/h9-10H,5-8H2,1-4H3. The van der Waals surface area contributed by atoms with E-state index in [2.05, 4.69) is 11.9 Å². The summed E-state index contributed by atoms with van der Waals surface area (Å²) in [6, 6.07) is 0.381. The van der Waals surface area contributed by atoms with Crippen molar-refractivity contribution in [1.29, 1.82) is 0 Å². The molecule has 15 heavy (non-hydrogen) atoms. The highest BCUT2D eigenvalue weighted by Crippen LogP contribution is 2.15. The van der Waals surface area contributed by atoms with Gasteiger partial charge in [0.15, 0.2) is 0 Å². The lowest BCUT2D eigenvalue weighted by molar-refractivity contribution is -0.142. The molecule has 0 bridgehead atoms. The van der Waals surface area contributed by atoms with Gasteiger partial charge in [0.25, 0.3) is 5.91 Å². The van der Waals surface area contributed by atoms with Crippen molar-refractivity contribution >= 4 is 5.91 Å². The van der Waals surface area contributed by atoms with Crippen LogP contribution in [0.5, 0.6) is 0 Å². The second-order valence-corrected chi connectivity index (χ2v) is 4.36. The number of likely N-dealkylation sites (N-methyl/N-ethyl adjacent to an activating group) is 1. The molecule has 0 N–H and O–H groups in total. The van der Waals surface area contributed by atoms with Crippen LogP contribution in [-0.2, 0) is 9.53 Å². The van der Waals surface area contributed by atoms with Gasteiger partial charge in [-0.25, -0.2) is 0 Å². The highest BCUT2D eigenvalue weighted by Gasteiger charge is 2.26. The van der Waals surface area contributed by atoms with Crippen LogP contribution in [0.1, 0.15) is 19.8 Å². The van der Waals surface area contributed by atoms with E-state index in [1.165, 1.54) is 0 Å². The van der Waals surface area contributed by atoms with Crippen molar-refractivity contribution in [3.8, 4) is 0 Å². The van der Waals surface area contributed by atoms with E-state index in [1.54, 1.807) is 14.0 Å². The van der Waals surface area contributed by atoms with Crippen molar-refractivity contribution in [2.75, 3.05) is 34.3 Å². The van der Waals surface area contributed by atoms with Crippen LogP contribution in [0.4, 0.5) is 0 Å². The van der Waals surface area contributed by atoms with E-state index in [1.807, 2.05) is 11.9 Å². The minimum atomic E-state index is -0.324. The van der Waals surface area contributed by atoms with E-state index >= 15 is 0 Å². The van der Waals surface area contributed by atoms with Crippen LogP contribution in [0, 0.1) is 0 Å². The van der Waals surface area contributed by atoms with Crippen molar-refractivity contribution in [1.82, 2.24) is 9.80 Å². The number of hydrogen-bond donors (Lipinski definition) is 0. The van der Waals surface area contributed by atoms with Gasteiger partial charge in [-0.15, -0.1) is 0 Å². The van der Waals surface area contributed by atoms with Gasteiger partial charge in [0.05, 0.1) is 0 Å². The molecule has 0 aliphatic carbocycles. The zero-order valence-corrected chi connectivity index (χ0v) is 10.2.